The summed E-state index contributed by atoms with van der Waals surface area (Å²) < 4.78 is 15.5. The summed E-state index contributed by atoms with van der Waals surface area (Å²) in [6.45, 7) is 2.88. The molecule has 1 aliphatic rings. The molecule has 2 aromatic rings. The van der Waals surface area contributed by atoms with Gasteiger partial charge in [-0.05, 0) is 18.2 Å². The summed E-state index contributed by atoms with van der Waals surface area (Å²) in [6, 6.07) is 8.39. The molecule has 1 amide bonds. The van der Waals surface area contributed by atoms with Crippen LogP contribution >= 0.6 is 0 Å². The zero-order valence-corrected chi connectivity index (χ0v) is 13.2. The van der Waals surface area contributed by atoms with E-state index in [4.69, 9.17) is 5.26 Å². The van der Waals surface area contributed by atoms with Crippen LogP contribution in [0.15, 0.2) is 36.7 Å². The lowest BCUT2D eigenvalue weighted by Crippen LogP contribution is -2.49. The second-order valence-corrected chi connectivity index (χ2v) is 5.63. The SMILES string of the molecule is N#Cc1c(F)cccc1N1CCN(C(=O)CCn2cccn2)CC1. The van der Waals surface area contributed by atoms with E-state index in [-0.39, 0.29) is 11.5 Å². The summed E-state index contributed by atoms with van der Waals surface area (Å²) in [5.74, 6) is -0.419. The first kappa shape index (κ1) is 16.0. The number of benzene rings is 1. The van der Waals surface area contributed by atoms with Crippen molar-refractivity contribution >= 4 is 11.6 Å². The van der Waals surface area contributed by atoms with E-state index in [1.807, 2.05) is 28.1 Å². The van der Waals surface area contributed by atoms with Crippen molar-refractivity contribution < 1.29 is 9.18 Å². The molecule has 1 aromatic carbocycles. The lowest BCUT2D eigenvalue weighted by Gasteiger charge is -2.36. The highest BCUT2D eigenvalue weighted by Gasteiger charge is 2.23. The monoisotopic (exact) mass is 327 g/mol. The van der Waals surface area contributed by atoms with Gasteiger partial charge in [-0.25, -0.2) is 4.39 Å². The van der Waals surface area contributed by atoms with Crippen molar-refractivity contribution in [2.45, 2.75) is 13.0 Å². The quantitative estimate of drug-likeness (QED) is 0.856. The number of carbonyl (C=O) groups is 1. The average molecular weight is 327 g/mol. The molecule has 6 nitrogen and oxygen atoms in total. The van der Waals surface area contributed by atoms with Gasteiger partial charge in [0.25, 0.3) is 0 Å². The number of amides is 1. The smallest absolute Gasteiger partial charge is 0.224 e. The van der Waals surface area contributed by atoms with Gasteiger partial charge in [0, 0.05) is 51.5 Å². The number of hydrogen-bond acceptors (Lipinski definition) is 4. The molecule has 0 aliphatic carbocycles. The van der Waals surface area contributed by atoms with E-state index >= 15 is 0 Å². The molecule has 0 saturated carbocycles. The number of carbonyl (C=O) groups excluding carboxylic acids is 1. The molecule has 1 saturated heterocycles. The maximum Gasteiger partial charge on any atom is 0.224 e. The van der Waals surface area contributed by atoms with Gasteiger partial charge in [-0.2, -0.15) is 10.4 Å². The van der Waals surface area contributed by atoms with Crippen molar-refractivity contribution in [2.24, 2.45) is 0 Å². The molecule has 0 N–H and O–H groups in total. The number of piperazine rings is 1. The van der Waals surface area contributed by atoms with Crippen LogP contribution in [0.3, 0.4) is 0 Å². The van der Waals surface area contributed by atoms with Gasteiger partial charge in [-0.1, -0.05) is 6.07 Å². The van der Waals surface area contributed by atoms with Gasteiger partial charge < -0.3 is 9.80 Å². The van der Waals surface area contributed by atoms with E-state index in [0.29, 0.717) is 44.8 Å². The molecule has 0 atom stereocenters. The average Bonchev–Trinajstić information content (AvgIpc) is 3.13. The van der Waals surface area contributed by atoms with Crippen molar-refractivity contribution in [2.75, 3.05) is 31.1 Å². The van der Waals surface area contributed by atoms with Gasteiger partial charge in [0.15, 0.2) is 0 Å². The number of aromatic nitrogens is 2. The van der Waals surface area contributed by atoms with Crippen molar-refractivity contribution in [3.05, 3.63) is 48.0 Å². The minimum Gasteiger partial charge on any atom is -0.367 e. The van der Waals surface area contributed by atoms with Crippen LogP contribution in [-0.2, 0) is 11.3 Å². The van der Waals surface area contributed by atoms with E-state index in [1.54, 1.807) is 23.0 Å². The molecule has 2 heterocycles. The molecule has 1 aliphatic heterocycles. The van der Waals surface area contributed by atoms with E-state index in [9.17, 15) is 9.18 Å². The summed E-state index contributed by atoms with van der Waals surface area (Å²) >= 11 is 0. The fourth-order valence-corrected chi connectivity index (χ4v) is 2.88. The molecule has 0 radical (unpaired) electrons. The number of aryl methyl sites for hydroxylation is 1. The van der Waals surface area contributed by atoms with E-state index in [1.165, 1.54) is 6.07 Å². The highest BCUT2D eigenvalue weighted by atomic mass is 19.1. The highest BCUT2D eigenvalue weighted by molar-refractivity contribution is 5.76. The third-order valence-electron chi connectivity index (χ3n) is 4.19. The molecule has 3 rings (SSSR count). The van der Waals surface area contributed by atoms with E-state index < -0.39 is 5.82 Å². The largest absolute Gasteiger partial charge is 0.367 e. The molecular formula is C17H18FN5O. The van der Waals surface area contributed by atoms with Gasteiger partial charge in [0.05, 0.1) is 5.69 Å². The molecule has 0 unspecified atom stereocenters. The third kappa shape index (κ3) is 3.38. The van der Waals surface area contributed by atoms with E-state index in [2.05, 4.69) is 5.10 Å². The fourth-order valence-electron chi connectivity index (χ4n) is 2.88. The third-order valence-corrected chi connectivity index (χ3v) is 4.19. The van der Waals surface area contributed by atoms with Gasteiger partial charge in [0.1, 0.15) is 17.4 Å². The van der Waals surface area contributed by atoms with Gasteiger partial charge >= 0.3 is 0 Å². The number of nitrogens with zero attached hydrogens (tertiary/aromatic N) is 5. The first-order chi connectivity index (χ1) is 11.7. The molecule has 7 heteroatoms. The Hall–Kier alpha value is -2.88. The number of rotatable bonds is 4. The van der Waals surface area contributed by atoms with Crippen LogP contribution in [-0.4, -0.2) is 46.8 Å². The first-order valence-electron chi connectivity index (χ1n) is 7.88. The van der Waals surface area contributed by atoms with Crippen LogP contribution in [0, 0.1) is 17.1 Å². The summed E-state index contributed by atoms with van der Waals surface area (Å²) in [4.78, 5) is 16.0. The second-order valence-electron chi connectivity index (χ2n) is 5.63. The lowest BCUT2D eigenvalue weighted by molar-refractivity contribution is -0.131. The molecule has 124 valence electrons. The molecular weight excluding hydrogens is 309 g/mol. The normalized spacial score (nSPS) is 14.5. The fraction of sp³-hybridized carbons (Fsp3) is 0.353. The molecule has 0 bridgehead atoms. The Morgan fingerprint density at radius 3 is 2.71 bits per heavy atom. The maximum atomic E-state index is 13.7. The van der Waals surface area contributed by atoms with Gasteiger partial charge in [-0.3, -0.25) is 9.48 Å². The maximum absolute atomic E-state index is 13.7. The predicted molar refractivity (Wildman–Crippen MR) is 86.8 cm³/mol. The Balaban J connectivity index is 1.57. The number of nitriles is 1. The summed E-state index contributed by atoms with van der Waals surface area (Å²) in [7, 11) is 0. The topological polar surface area (TPSA) is 65.2 Å². The van der Waals surface area contributed by atoms with E-state index in [0.717, 1.165) is 0 Å². The zero-order chi connectivity index (χ0) is 16.9. The first-order valence-corrected chi connectivity index (χ1v) is 7.88. The minimum atomic E-state index is -0.507. The number of hydrogen-bond donors (Lipinski definition) is 0. The predicted octanol–water partition coefficient (Wildman–Crippen LogP) is 1.63. The van der Waals surface area contributed by atoms with Crippen molar-refractivity contribution in [1.82, 2.24) is 14.7 Å². The standard InChI is InChI=1S/C17H18FN5O/c18-15-3-1-4-16(14(15)13-19)21-9-11-22(12-10-21)17(24)5-8-23-7-2-6-20-23/h1-4,6-7H,5,8-12H2. The Morgan fingerprint density at radius 1 is 1.25 bits per heavy atom. The van der Waals surface area contributed by atoms with Crippen LogP contribution in [0.1, 0.15) is 12.0 Å². The van der Waals surface area contributed by atoms with Crippen LogP contribution in [0.5, 0.6) is 0 Å². The number of anilines is 1. The van der Waals surface area contributed by atoms with Gasteiger partial charge in [0.2, 0.25) is 5.91 Å². The van der Waals surface area contributed by atoms with Crippen LogP contribution in [0.25, 0.3) is 0 Å². The van der Waals surface area contributed by atoms with Crippen molar-refractivity contribution in [1.29, 1.82) is 5.26 Å². The number of halogens is 1. The van der Waals surface area contributed by atoms with Crippen molar-refractivity contribution in [3.8, 4) is 6.07 Å². The van der Waals surface area contributed by atoms with Crippen molar-refractivity contribution in [3.63, 3.8) is 0 Å². The Kier molecular flexibility index (Phi) is 4.75. The second kappa shape index (κ2) is 7.13. The molecule has 24 heavy (non-hydrogen) atoms. The molecule has 1 aromatic heterocycles. The lowest BCUT2D eigenvalue weighted by atomic mass is 10.1. The van der Waals surface area contributed by atoms with Crippen LogP contribution in [0.2, 0.25) is 0 Å². The summed E-state index contributed by atoms with van der Waals surface area (Å²) in [5, 5.41) is 13.2. The Bertz CT molecular complexity index is 745. The highest BCUT2D eigenvalue weighted by Crippen LogP contribution is 2.23. The Labute approximate surface area is 139 Å². The summed E-state index contributed by atoms with van der Waals surface area (Å²) in [6.07, 6.45) is 3.93. The van der Waals surface area contributed by atoms with Gasteiger partial charge in [-0.15, -0.1) is 0 Å². The summed E-state index contributed by atoms with van der Waals surface area (Å²) in [5.41, 5.74) is 0.664. The Morgan fingerprint density at radius 2 is 2.04 bits per heavy atom. The molecule has 0 spiro atoms. The molecule has 1 fully saturated rings. The van der Waals surface area contributed by atoms with Crippen LogP contribution < -0.4 is 4.90 Å². The minimum absolute atomic E-state index is 0.0657. The zero-order valence-electron chi connectivity index (χ0n) is 13.2. The van der Waals surface area contributed by atoms with Crippen LogP contribution in [0.4, 0.5) is 10.1 Å².